The van der Waals surface area contributed by atoms with Crippen molar-refractivity contribution in [3.63, 3.8) is 0 Å². The third-order valence-electron chi connectivity index (χ3n) is 10.3. The lowest BCUT2D eigenvalue weighted by Gasteiger charge is -2.42. The molecule has 5 aromatic carbocycles. The Morgan fingerprint density at radius 1 is 0.744 bits per heavy atom. The number of fused-ring (bicyclic) bond motifs is 9. The van der Waals surface area contributed by atoms with Crippen molar-refractivity contribution in [3.8, 4) is 22.3 Å². The van der Waals surface area contributed by atoms with Crippen LogP contribution < -0.4 is 15.8 Å². The Morgan fingerprint density at radius 2 is 1.51 bits per heavy atom. The standard InChI is InChI=1S/C40H35BN2/c1-5-6-12-26-19-21-27(22-20-26)42-34-18-10-9-17-33(34)41-37-31(23-25(2)24-35(37)42)28-14-11-15-30-36-29-13-7-8-16-32(29)40(3,4)39(36)43(41)38(28)30/h7-11,13-24H,5-6,12H2,1-4H3. The van der Waals surface area contributed by atoms with Crippen molar-refractivity contribution in [2.24, 2.45) is 0 Å². The van der Waals surface area contributed by atoms with E-state index in [2.05, 4.69) is 140 Å². The molecule has 1 aliphatic carbocycles. The summed E-state index contributed by atoms with van der Waals surface area (Å²) in [6, 6.07) is 39.4. The molecule has 0 atom stereocenters. The molecule has 3 heterocycles. The molecule has 0 saturated carbocycles. The molecular weight excluding hydrogens is 519 g/mol. The molecule has 0 spiro atoms. The zero-order chi connectivity index (χ0) is 29.0. The van der Waals surface area contributed by atoms with Crippen LogP contribution >= 0.6 is 0 Å². The average Bonchev–Trinajstić information content (AvgIpc) is 3.49. The predicted molar refractivity (Wildman–Crippen MR) is 183 cm³/mol. The van der Waals surface area contributed by atoms with Gasteiger partial charge in [-0.1, -0.05) is 106 Å². The van der Waals surface area contributed by atoms with E-state index in [0.29, 0.717) is 0 Å². The molecule has 208 valence electrons. The lowest BCUT2D eigenvalue weighted by atomic mass is 9.44. The van der Waals surface area contributed by atoms with Crippen LogP contribution in [-0.4, -0.2) is 11.3 Å². The Balaban J connectivity index is 1.37. The highest BCUT2D eigenvalue weighted by Crippen LogP contribution is 2.55. The van der Waals surface area contributed by atoms with Crippen LogP contribution in [0.3, 0.4) is 0 Å². The molecule has 0 amide bonds. The second kappa shape index (κ2) is 8.77. The fraction of sp³-hybridized carbons (Fsp3) is 0.200. The number of aromatic nitrogens is 1. The molecule has 2 aliphatic heterocycles. The number of nitrogens with zero attached hydrogens (tertiary/aromatic N) is 2. The van der Waals surface area contributed by atoms with Gasteiger partial charge in [-0.05, 0) is 82.8 Å². The van der Waals surface area contributed by atoms with Crippen LogP contribution in [0.1, 0.15) is 56.0 Å². The monoisotopic (exact) mass is 554 g/mol. The van der Waals surface area contributed by atoms with Crippen LogP contribution in [0, 0.1) is 6.92 Å². The van der Waals surface area contributed by atoms with Gasteiger partial charge >= 0.3 is 6.85 Å². The molecule has 0 radical (unpaired) electrons. The number of aryl methyl sites for hydroxylation is 2. The van der Waals surface area contributed by atoms with Gasteiger partial charge in [-0.15, -0.1) is 0 Å². The summed E-state index contributed by atoms with van der Waals surface area (Å²) in [5.41, 5.74) is 19.0. The minimum Gasteiger partial charge on any atom is -0.378 e. The first-order valence-electron chi connectivity index (χ1n) is 15.9. The highest BCUT2D eigenvalue weighted by molar-refractivity contribution is 6.89. The van der Waals surface area contributed by atoms with Gasteiger partial charge in [-0.3, -0.25) is 0 Å². The van der Waals surface area contributed by atoms with Crippen LogP contribution in [0.2, 0.25) is 0 Å². The zero-order valence-corrected chi connectivity index (χ0v) is 25.4. The topological polar surface area (TPSA) is 8.17 Å². The van der Waals surface area contributed by atoms with E-state index in [9.17, 15) is 0 Å². The minimum atomic E-state index is -0.106. The molecule has 2 nitrogen and oxygen atoms in total. The summed E-state index contributed by atoms with van der Waals surface area (Å²) >= 11 is 0. The van der Waals surface area contributed by atoms with Gasteiger partial charge in [0.15, 0.2) is 0 Å². The highest BCUT2D eigenvalue weighted by Gasteiger charge is 2.48. The number of benzene rings is 5. The van der Waals surface area contributed by atoms with Gasteiger partial charge < -0.3 is 9.38 Å². The summed E-state index contributed by atoms with van der Waals surface area (Å²) in [7, 11) is 0. The second-order valence-electron chi connectivity index (χ2n) is 13.3. The molecule has 0 N–H and O–H groups in total. The Hall–Kier alpha value is -4.50. The first kappa shape index (κ1) is 25.0. The Bertz CT molecular complexity index is 2110. The van der Waals surface area contributed by atoms with E-state index in [0.717, 1.165) is 6.42 Å². The van der Waals surface area contributed by atoms with Gasteiger partial charge in [0.2, 0.25) is 0 Å². The first-order valence-corrected chi connectivity index (χ1v) is 15.9. The van der Waals surface area contributed by atoms with Crippen molar-refractivity contribution in [3.05, 3.63) is 126 Å². The maximum atomic E-state index is 2.74. The lowest BCUT2D eigenvalue weighted by Crippen LogP contribution is -2.57. The molecule has 0 fully saturated rings. The Kier molecular flexibility index (Phi) is 5.11. The van der Waals surface area contributed by atoms with Gasteiger partial charge in [-0.2, -0.15) is 0 Å². The fourth-order valence-corrected chi connectivity index (χ4v) is 8.52. The summed E-state index contributed by atoms with van der Waals surface area (Å²) in [5.74, 6) is 0. The van der Waals surface area contributed by atoms with Gasteiger partial charge in [0, 0.05) is 50.2 Å². The van der Waals surface area contributed by atoms with E-state index in [4.69, 9.17) is 0 Å². The molecule has 3 aliphatic rings. The number of hydrogen-bond donors (Lipinski definition) is 0. The first-order chi connectivity index (χ1) is 21.0. The maximum absolute atomic E-state index is 2.74. The fourth-order valence-electron chi connectivity index (χ4n) is 8.52. The van der Waals surface area contributed by atoms with Crippen LogP contribution in [0.15, 0.2) is 103 Å². The minimum absolute atomic E-state index is 0.106. The normalized spacial score (nSPS) is 14.9. The van der Waals surface area contributed by atoms with E-state index in [1.165, 1.54) is 96.4 Å². The summed E-state index contributed by atoms with van der Waals surface area (Å²) in [5, 5.41) is 1.38. The van der Waals surface area contributed by atoms with Gasteiger partial charge in [-0.25, -0.2) is 0 Å². The lowest BCUT2D eigenvalue weighted by molar-refractivity contribution is 0.632. The number of rotatable bonds is 4. The van der Waals surface area contributed by atoms with Gasteiger partial charge in [0.25, 0.3) is 0 Å². The van der Waals surface area contributed by atoms with E-state index in [1.54, 1.807) is 0 Å². The summed E-state index contributed by atoms with van der Waals surface area (Å²) in [4.78, 5) is 2.52. The van der Waals surface area contributed by atoms with Gasteiger partial charge in [0.05, 0.1) is 0 Å². The van der Waals surface area contributed by atoms with Crippen molar-refractivity contribution in [1.82, 2.24) is 4.48 Å². The number of anilines is 3. The molecule has 0 bridgehead atoms. The molecule has 9 rings (SSSR count). The van der Waals surface area contributed by atoms with Crippen LogP contribution in [-0.2, 0) is 11.8 Å². The van der Waals surface area contributed by atoms with Crippen molar-refractivity contribution >= 4 is 45.7 Å². The van der Waals surface area contributed by atoms with Crippen LogP contribution in [0.4, 0.5) is 17.1 Å². The number of hydrogen-bond acceptors (Lipinski definition) is 1. The predicted octanol–water partition coefficient (Wildman–Crippen LogP) is 9.02. The molecule has 1 aromatic heterocycles. The van der Waals surface area contributed by atoms with E-state index in [1.807, 2.05) is 0 Å². The average molecular weight is 555 g/mol. The van der Waals surface area contributed by atoms with E-state index >= 15 is 0 Å². The molecule has 0 unspecified atom stereocenters. The molecule has 0 saturated heterocycles. The summed E-state index contributed by atoms with van der Waals surface area (Å²) in [6.45, 7) is 9.48. The number of para-hydroxylation sites is 2. The zero-order valence-electron chi connectivity index (χ0n) is 25.4. The van der Waals surface area contributed by atoms with Crippen molar-refractivity contribution < 1.29 is 0 Å². The van der Waals surface area contributed by atoms with Crippen LogP contribution in [0.5, 0.6) is 0 Å². The summed E-state index contributed by atoms with van der Waals surface area (Å²) < 4.78 is 2.74. The third kappa shape index (κ3) is 3.20. The number of unbranched alkanes of at least 4 members (excludes halogenated alkanes) is 1. The highest BCUT2D eigenvalue weighted by atomic mass is 15.2. The third-order valence-corrected chi connectivity index (χ3v) is 10.3. The largest absolute Gasteiger partial charge is 0.378 e. The van der Waals surface area contributed by atoms with Crippen LogP contribution in [0.25, 0.3) is 33.2 Å². The second-order valence-corrected chi connectivity index (χ2v) is 13.3. The quantitative estimate of drug-likeness (QED) is 0.197. The van der Waals surface area contributed by atoms with Crippen molar-refractivity contribution in [2.45, 2.75) is 52.4 Å². The Morgan fingerprint density at radius 3 is 2.35 bits per heavy atom. The Labute approximate surface area is 254 Å². The van der Waals surface area contributed by atoms with Crippen molar-refractivity contribution in [2.75, 3.05) is 4.90 Å². The smallest absolute Gasteiger partial charge is 0.332 e. The SMILES string of the molecule is CCCCc1ccc(N2c3ccccc3B3c4c(cc(C)cc42)-c2cccc4c5c(n3c24)C(C)(C)c2ccccc2-5)cc1. The molecule has 6 aromatic rings. The molecule has 43 heavy (non-hydrogen) atoms. The maximum Gasteiger partial charge on any atom is 0.332 e. The van der Waals surface area contributed by atoms with E-state index < -0.39 is 0 Å². The van der Waals surface area contributed by atoms with Crippen molar-refractivity contribution in [1.29, 1.82) is 0 Å². The summed E-state index contributed by atoms with van der Waals surface area (Å²) in [6.07, 6.45) is 3.59. The molecular formula is C40H35BN2. The van der Waals surface area contributed by atoms with Gasteiger partial charge in [0.1, 0.15) is 0 Å². The molecule has 3 heteroatoms. The van der Waals surface area contributed by atoms with E-state index in [-0.39, 0.29) is 12.3 Å².